The second-order valence-electron chi connectivity index (χ2n) is 8.76. The van der Waals surface area contributed by atoms with Crippen LogP contribution in [0.25, 0.3) is 0 Å². The van der Waals surface area contributed by atoms with Crippen molar-refractivity contribution in [2.75, 3.05) is 0 Å². The number of carbonyl (C=O) groups excluding carboxylic acids is 3. The molecular formula is C21H27NO4Si. The van der Waals surface area contributed by atoms with Crippen LogP contribution in [0.5, 0.6) is 0 Å². The summed E-state index contributed by atoms with van der Waals surface area (Å²) in [6.45, 7) is 11.6. The number of ether oxygens (including phenoxy) is 1. The lowest BCUT2D eigenvalue weighted by Gasteiger charge is -2.31. The number of hydrogen-bond donors (Lipinski definition) is 0. The van der Waals surface area contributed by atoms with Gasteiger partial charge in [0.1, 0.15) is 13.7 Å². The van der Waals surface area contributed by atoms with E-state index in [0.717, 1.165) is 11.1 Å². The van der Waals surface area contributed by atoms with Gasteiger partial charge in [-0.15, -0.1) is 5.54 Å². The van der Waals surface area contributed by atoms with Crippen LogP contribution in [0.15, 0.2) is 24.3 Å². The number of benzene rings is 1. The molecule has 0 N–H and O–H groups in total. The standard InChI is InChI=1S/C21H27NO4Si/c1-21(2,3)26-20(25)22-18(23)12-11-17(19(22)24)16-9-7-15(8-10-16)13-14-27(4,5)6/h7-10,17H,11-12H2,1-6H3. The fraction of sp³-hybridized carbons (Fsp3) is 0.476. The zero-order valence-corrected chi connectivity index (χ0v) is 17.9. The number of likely N-dealkylation sites (tertiary alicyclic amines) is 1. The molecule has 1 aliphatic heterocycles. The second kappa shape index (κ2) is 7.69. The topological polar surface area (TPSA) is 63.7 Å². The maximum Gasteiger partial charge on any atom is 0.424 e. The quantitative estimate of drug-likeness (QED) is 0.415. The van der Waals surface area contributed by atoms with Crippen LogP contribution < -0.4 is 0 Å². The molecule has 1 unspecified atom stereocenters. The normalized spacial score (nSPS) is 18.0. The maximum atomic E-state index is 12.8. The minimum Gasteiger partial charge on any atom is -0.443 e. The number of carbonyl (C=O) groups is 3. The van der Waals surface area contributed by atoms with E-state index in [0.29, 0.717) is 11.3 Å². The lowest BCUT2D eigenvalue weighted by atomic mass is 9.89. The maximum absolute atomic E-state index is 12.8. The van der Waals surface area contributed by atoms with Crippen molar-refractivity contribution in [3.63, 3.8) is 0 Å². The van der Waals surface area contributed by atoms with E-state index in [1.54, 1.807) is 20.8 Å². The lowest BCUT2D eigenvalue weighted by molar-refractivity contribution is -0.147. The van der Waals surface area contributed by atoms with E-state index in [1.165, 1.54) is 0 Å². The van der Waals surface area contributed by atoms with Gasteiger partial charge in [-0.25, -0.2) is 4.79 Å². The zero-order chi connectivity index (χ0) is 20.4. The van der Waals surface area contributed by atoms with Crippen LogP contribution in [0, 0.1) is 11.5 Å². The Hall–Kier alpha value is -2.39. The molecule has 1 aliphatic rings. The first-order valence-electron chi connectivity index (χ1n) is 9.10. The van der Waals surface area contributed by atoms with Gasteiger partial charge in [0.2, 0.25) is 11.8 Å². The van der Waals surface area contributed by atoms with Crippen LogP contribution in [-0.4, -0.2) is 36.5 Å². The molecule has 1 heterocycles. The number of hydrogen-bond acceptors (Lipinski definition) is 4. The van der Waals surface area contributed by atoms with Crippen LogP contribution in [-0.2, 0) is 14.3 Å². The molecule has 1 saturated heterocycles. The average Bonchev–Trinajstić information content (AvgIpc) is 2.51. The third kappa shape index (κ3) is 5.80. The minimum atomic E-state index is -1.46. The fourth-order valence-corrected chi connectivity index (χ4v) is 3.17. The molecule has 1 aromatic carbocycles. The summed E-state index contributed by atoms with van der Waals surface area (Å²) in [5.74, 6) is 1.60. The third-order valence-electron chi connectivity index (χ3n) is 3.89. The Morgan fingerprint density at radius 1 is 1.15 bits per heavy atom. The molecule has 0 aliphatic carbocycles. The van der Waals surface area contributed by atoms with E-state index in [1.807, 2.05) is 24.3 Å². The zero-order valence-electron chi connectivity index (χ0n) is 16.9. The summed E-state index contributed by atoms with van der Waals surface area (Å²) in [6.07, 6.45) is -0.385. The van der Waals surface area contributed by atoms with Gasteiger partial charge in [-0.1, -0.05) is 37.7 Å². The van der Waals surface area contributed by atoms with Gasteiger partial charge in [0.25, 0.3) is 0 Å². The van der Waals surface area contributed by atoms with Gasteiger partial charge < -0.3 is 4.74 Å². The van der Waals surface area contributed by atoms with Crippen LogP contribution in [0.4, 0.5) is 4.79 Å². The summed E-state index contributed by atoms with van der Waals surface area (Å²) in [5, 5.41) is 0. The molecule has 5 nitrogen and oxygen atoms in total. The van der Waals surface area contributed by atoms with Gasteiger partial charge in [0.15, 0.2) is 0 Å². The predicted octanol–water partition coefficient (Wildman–Crippen LogP) is 4.08. The largest absolute Gasteiger partial charge is 0.443 e. The number of piperidine rings is 1. The summed E-state index contributed by atoms with van der Waals surface area (Å²) >= 11 is 0. The Morgan fingerprint density at radius 2 is 1.74 bits per heavy atom. The lowest BCUT2D eigenvalue weighted by Crippen LogP contribution is -2.49. The first kappa shape index (κ1) is 20.9. The molecule has 1 fully saturated rings. The van der Waals surface area contributed by atoms with Gasteiger partial charge in [0.05, 0.1) is 5.92 Å². The molecular weight excluding hydrogens is 358 g/mol. The van der Waals surface area contributed by atoms with E-state index in [2.05, 4.69) is 31.1 Å². The van der Waals surface area contributed by atoms with Crippen LogP contribution >= 0.6 is 0 Å². The molecule has 0 radical (unpaired) electrons. The highest BCUT2D eigenvalue weighted by Gasteiger charge is 2.41. The summed E-state index contributed by atoms with van der Waals surface area (Å²) in [4.78, 5) is 37.9. The Labute approximate surface area is 162 Å². The van der Waals surface area contributed by atoms with Crippen molar-refractivity contribution < 1.29 is 19.1 Å². The van der Waals surface area contributed by atoms with Crippen LogP contribution in [0.2, 0.25) is 19.6 Å². The Balaban J connectivity index is 2.21. The molecule has 6 heteroatoms. The van der Waals surface area contributed by atoms with Gasteiger partial charge in [0, 0.05) is 12.0 Å². The molecule has 3 amide bonds. The highest BCUT2D eigenvalue weighted by atomic mass is 28.3. The average molecular weight is 386 g/mol. The van der Waals surface area contributed by atoms with Crippen molar-refractivity contribution in [2.24, 2.45) is 0 Å². The Morgan fingerprint density at radius 3 is 2.26 bits per heavy atom. The molecule has 27 heavy (non-hydrogen) atoms. The number of amides is 3. The van der Waals surface area contributed by atoms with Crippen molar-refractivity contribution in [2.45, 2.75) is 64.8 Å². The van der Waals surface area contributed by atoms with Gasteiger partial charge in [-0.2, -0.15) is 4.90 Å². The monoisotopic (exact) mass is 385 g/mol. The molecule has 0 spiro atoms. The number of rotatable bonds is 1. The number of imide groups is 3. The first-order valence-corrected chi connectivity index (χ1v) is 12.6. The minimum absolute atomic E-state index is 0.132. The van der Waals surface area contributed by atoms with Gasteiger partial charge >= 0.3 is 6.09 Å². The van der Waals surface area contributed by atoms with Crippen LogP contribution in [0.3, 0.4) is 0 Å². The van der Waals surface area contributed by atoms with Gasteiger partial charge in [-0.05, 0) is 44.9 Å². The summed E-state index contributed by atoms with van der Waals surface area (Å²) < 4.78 is 5.22. The van der Waals surface area contributed by atoms with Crippen molar-refractivity contribution in [3.8, 4) is 11.5 Å². The highest BCUT2D eigenvalue weighted by Crippen LogP contribution is 2.30. The van der Waals surface area contributed by atoms with E-state index >= 15 is 0 Å². The van der Waals surface area contributed by atoms with E-state index < -0.39 is 37.5 Å². The van der Waals surface area contributed by atoms with Crippen LogP contribution in [0.1, 0.15) is 50.7 Å². The van der Waals surface area contributed by atoms with Crippen molar-refractivity contribution in [3.05, 3.63) is 35.4 Å². The molecule has 0 bridgehead atoms. The third-order valence-corrected chi connectivity index (χ3v) is 4.76. The highest BCUT2D eigenvalue weighted by molar-refractivity contribution is 6.83. The number of nitrogens with zero attached hydrogens (tertiary/aromatic N) is 1. The van der Waals surface area contributed by atoms with Gasteiger partial charge in [-0.3, -0.25) is 9.59 Å². The van der Waals surface area contributed by atoms with E-state index in [-0.39, 0.29) is 6.42 Å². The van der Waals surface area contributed by atoms with Crippen molar-refractivity contribution in [1.29, 1.82) is 0 Å². The summed E-state index contributed by atoms with van der Waals surface area (Å²) in [5.41, 5.74) is 4.20. The van der Waals surface area contributed by atoms with Crippen molar-refractivity contribution in [1.82, 2.24) is 4.90 Å². The van der Waals surface area contributed by atoms with E-state index in [9.17, 15) is 14.4 Å². The second-order valence-corrected chi connectivity index (χ2v) is 13.5. The van der Waals surface area contributed by atoms with E-state index in [4.69, 9.17) is 4.74 Å². The molecule has 0 saturated carbocycles. The first-order chi connectivity index (χ1) is 12.4. The summed E-state index contributed by atoms with van der Waals surface area (Å²) in [7, 11) is -1.46. The molecule has 144 valence electrons. The molecule has 0 aromatic heterocycles. The van der Waals surface area contributed by atoms with Crippen molar-refractivity contribution >= 4 is 26.0 Å². The predicted molar refractivity (Wildman–Crippen MR) is 107 cm³/mol. The molecule has 1 aromatic rings. The fourth-order valence-electron chi connectivity index (χ4n) is 2.65. The molecule has 1 atom stereocenters. The summed E-state index contributed by atoms with van der Waals surface area (Å²) in [6, 6.07) is 7.45. The smallest absolute Gasteiger partial charge is 0.424 e. The Bertz CT molecular complexity index is 804. The SMILES string of the molecule is CC(C)(C)OC(=O)N1C(=O)CCC(c2ccc(C#C[Si](C)(C)C)cc2)C1=O. The molecule has 2 rings (SSSR count). The Kier molecular flexibility index (Phi) is 5.96.